The van der Waals surface area contributed by atoms with Crippen LogP contribution in [0.4, 0.5) is 0 Å². The summed E-state index contributed by atoms with van der Waals surface area (Å²) in [6.45, 7) is -0.615. The summed E-state index contributed by atoms with van der Waals surface area (Å²) in [6, 6.07) is 1.01. The van der Waals surface area contributed by atoms with Crippen LogP contribution < -0.4 is 22.1 Å². The zero-order chi connectivity index (χ0) is 26.1. The summed E-state index contributed by atoms with van der Waals surface area (Å²) in [5, 5.41) is 33.4. The predicted molar refractivity (Wildman–Crippen MR) is 122 cm³/mol. The van der Waals surface area contributed by atoms with Crippen LogP contribution in [0.15, 0.2) is 24.3 Å². The lowest BCUT2D eigenvalue weighted by atomic mass is 10.0. The number of aromatic hydroxyl groups is 1. The van der Waals surface area contributed by atoms with Gasteiger partial charge in [-0.2, -0.15) is 0 Å². The molecule has 192 valence electrons. The zero-order valence-electron chi connectivity index (χ0n) is 19.1. The molecule has 4 atom stereocenters. The third-order valence-electron chi connectivity index (χ3n) is 5.67. The van der Waals surface area contributed by atoms with Gasteiger partial charge in [0.25, 0.3) is 0 Å². The number of phenols is 1. The number of primary amides is 1. The minimum atomic E-state index is -1.43. The lowest BCUT2D eigenvalue weighted by Gasteiger charge is -2.28. The van der Waals surface area contributed by atoms with Crippen molar-refractivity contribution in [2.75, 3.05) is 13.2 Å². The van der Waals surface area contributed by atoms with E-state index < -0.39 is 60.4 Å². The Morgan fingerprint density at radius 3 is 2.26 bits per heavy atom. The molecule has 0 saturated carbocycles. The molecule has 0 radical (unpaired) electrons. The Morgan fingerprint density at radius 1 is 1.06 bits per heavy atom. The van der Waals surface area contributed by atoms with Crippen LogP contribution in [0.25, 0.3) is 0 Å². The molecule has 13 heteroatoms. The van der Waals surface area contributed by atoms with Gasteiger partial charge in [0, 0.05) is 19.4 Å². The van der Waals surface area contributed by atoms with Gasteiger partial charge in [0.15, 0.2) is 0 Å². The normalized spacial score (nSPS) is 17.8. The molecule has 0 bridgehead atoms. The zero-order valence-corrected chi connectivity index (χ0v) is 19.1. The number of nitrogens with two attached hydrogens (primary N) is 2. The summed E-state index contributed by atoms with van der Waals surface area (Å²) in [5.74, 6) is -4.12. The number of hydrogen-bond acceptors (Lipinski definition) is 8. The van der Waals surface area contributed by atoms with Gasteiger partial charge in [-0.3, -0.25) is 19.2 Å². The number of likely N-dealkylation sites (tertiary alicyclic amines) is 1. The standard InChI is InChI=1S/C22H31N5O8/c23-14(7-8-18(24)30)19(31)25-15(10-12-3-5-13(29)6-4-12)20(32)26-16(11-28)21(33)27-9-1-2-17(27)22(34)35/h3-6,14-17,28-29H,1-2,7-11,23H2,(H2,24,30)(H,25,31)(H,26,32)(H,34,35). The van der Waals surface area contributed by atoms with Gasteiger partial charge < -0.3 is 42.3 Å². The quantitative estimate of drug-likeness (QED) is 0.164. The topological polar surface area (TPSA) is 225 Å². The first-order valence-electron chi connectivity index (χ1n) is 11.1. The van der Waals surface area contributed by atoms with E-state index in [1.54, 1.807) is 0 Å². The van der Waals surface area contributed by atoms with E-state index in [1.165, 1.54) is 24.3 Å². The maximum absolute atomic E-state index is 13.1. The van der Waals surface area contributed by atoms with Gasteiger partial charge in [-0.05, 0) is 37.0 Å². The molecule has 0 aliphatic carbocycles. The third-order valence-corrected chi connectivity index (χ3v) is 5.67. The average Bonchev–Trinajstić information content (AvgIpc) is 3.31. The molecule has 1 aliphatic rings. The minimum absolute atomic E-state index is 0.00296. The van der Waals surface area contributed by atoms with E-state index in [0.717, 1.165) is 4.90 Å². The molecule has 1 saturated heterocycles. The fourth-order valence-corrected chi connectivity index (χ4v) is 3.73. The lowest BCUT2D eigenvalue weighted by Crippen LogP contribution is -2.58. The molecular weight excluding hydrogens is 462 g/mol. The van der Waals surface area contributed by atoms with Crippen LogP contribution in [-0.2, 0) is 30.4 Å². The Kier molecular flexibility index (Phi) is 9.97. The first kappa shape index (κ1) is 27.5. The SMILES string of the molecule is NC(=O)CCC(N)C(=O)NC(Cc1ccc(O)cc1)C(=O)NC(CO)C(=O)N1CCCC1C(=O)O. The highest BCUT2D eigenvalue weighted by molar-refractivity contribution is 5.94. The highest BCUT2D eigenvalue weighted by Gasteiger charge is 2.38. The largest absolute Gasteiger partial charge is 0.508 e. The fraction of sp³-hybridized carbons (Fsp3) is 0.500. The molecule has 1 aromatic rings. The molecule has 1 heterocycles. The molecular formula is C22H31N5O8. The van der Waals surface area contributed by atoms with Crippen molar-refractivity contribution in [1.82, 2.24) is 15.5 Å². The summed E-state index contributed by atoms with van der Waals surface area (Å²) in [6.07, 6.45) is 0.505. The smallest absolute Gasteiger partial charge is 0.326 e. The maximum atomic E-state index is 13.1. The number of aliphatic hydroxyl groups is 1. The van der Waals surface area contributed by atoms with Gasteiger partial charge in [-0.15, -0.1) is 0 Å². The number of carbonyl (C=O) groups is 5. The second-order valence-corrected chi connectivity index (χ2v) is 8.31. The van der Waals surface area contributed by atoms with Crippen molar-refractivity contribution in [2.45, 2.75) is 56.3 Å². The van der Waals surface area contributed by atoms with E-state index in [-0.39, 0.29) is 38.0 Å². The number of aliphatic hydroxyl groups excluding tert-OH is 1. The number of rotatable bonds is 12. The van der Waals surface area contributed by atoms with Crippen LogP contribution >= 0.6 is 0 Å². The Labute approximate surface area is 201 Å². The van der Waals surface area contributed by atoms with Crippen molar-refractivity contribution in [3.05, 3.63) is 29.8 Å². The minimum Gasteiger partial charge on any atom is -0.508 e. The van der Waals surface area contributed by atoms with Crippen molar-refractivity contribution < 1.29 is 39.3 Å². The van der Waals surface area contributed by atoms with Crippen LogP contribution in [-0.4, -0.2) is 87.1 Å². The number of carboxylic acids is 1. The lowest BCUT2D eigenvalue weighted by molar-refractivity contribution is -0.150. The molecule has 4 unspecified atom stereocenters. The monoisotopic (exact) mass is 493 g/mol. The highest BCUT2D eigenvalue weighted by atomic mass is 16.4. The second-order valence-electron chi connectivity index (χ2n) is 8.31. The number of carboxylic acid groups (broad SMARTS) is 1. The number of amides is 4. The Bertz CT molecular complexity index is 938. The van der Waals surface area contributed by atoms with Gasteiger partial charge in [-0.25, -0.2) is 4.79 Å². The highest BCUT2D eigenvalue weighted by Crippen LogP contribution is 2.19. The Morgan fingerprint density at radius 2 is 1.69 bits per heavy atom. The van der Waals surface area contributed by atoms with E-state index in [9.17, 15) is 39.3 Å². The molecule has 0 aromatic heterocycles. The number of aliphatic carboxylic acids is 1. The van der Waals surface area contributed by atoms with E-state index in [4.69, 9.17) is 11.5 Å². The number of benzene rings is 1. The van der Waals surface area contributed by atoms with Crippen molar-refractivity contribution in [2.24, 2.45) is 11.5 Å². The maximum Gasteiger partial charge on any atom is 0.326 e. The molecule has 9 N–H and O–H groups in total. The van der Waals surface area contributed by atoms with E-state index in [2.05, 4.69) is 10.6 Å². The Hall–Kier alpha value is -3.71. The number of hydrogen-bond donors (Lipinski definition) is 7. The molecule has 35 heavy (non-hydrogen) atoms. The summed E-state index contributed by atoms with van der Waals surface area (Å²) >= 11 is 0. The molecule has 1 aliphatic heterocycles. The fourth-order valence-electron chi connectivity index (χ4n) is 3.73. The average molecular weight is 494 g/mol. The number of nitrogens with one attached hydrogen (secondary N) is 2. The Balaban J connectivity index is 2.16. The number of phenolic OH excluding ortho intramolecular Hbond substituents is 1. The molecule has 1 aromatic carbocycles. The number of carbonyl (C=O) groups excluding carboxylic acids is 4. The molecule has 0 spiro atoms. The van der Waals surface area contributed by atoms with Crippen molar-refractivity contribution in [1.29, 1.82) is 0 Å². The van der Waals surface area contributed by atoms with Crippen LogP contribution in [0.3, 0.4) is 0 Å². The molecule has 2 rings (SSSR count). The van der Waals surface area contributed by atoms with Gasteiger partial charge >= 0.3 is 5.97 Å². The predicted octanol–water partition coefficient (Wildman–Crippen LogP) is -2.43. The van der Waals surface area contributed by atoms with Crippen LogP contribution in [0, 0.1) is 0 Å². The van der Waals surface area contributed by atoms with Crippen LogP contribution in [0.1, 0.15) is 31.2 Å². The third kappa shape index (κ3) is 7.93. The molecule has 4 amide bonds. The van der Waals surface area contributed by atoms with E-state index in [0.29, 0.717) is 12.0 Å². The van der Waals surface area contributed by atoms with E-state index in [1.807, 2.05) is 0 Å². The van der Waals surface area contributed by atoms with Crippen molar-refractivity contribution in [3.63, 3.8) is 0 Å². The van der Waals surface area contributed by atoms with Crippen molar-refractivity contribution >= 4 is 29.6 Å². The van der Waals surface area contributed by atoms with Crippen molar-refractivity contribution in [3.8, 4) is 5.75 Å². The van der Waals surface area contributed by atoms with Crippen LogP contribution in [0.5, 0.6) is 5.75 Å². The van der Waals surface area contributed by atoms with Gasteiger partial charge in [0.2, 0.25) is 23.6 Å². The number of nitrogens with zero attached hydrogens (tertiary/aromatic N) is 1. The summed E-state index contributed by atoms with van der Waals surface area (Å²) in [5.41, 5.74) is 11.4. The van der Waals surface area contributed by atoms with Crippen LogP contribution in [0.2, 0.25) is 0 Å². The second kappa shape index (κ2) is 12.7. The van der Waals surface area contributed by atoms with Gasteiger partial charge in [0.1, 0.15) is 23.9 Å². The first-order valence-corrected chi connectivity index (χ1v) is 11.1. The van der Waals surface area contributed by atoms with Gasteiger partial charge in [0.05, 0.1) is 12.6 Å². The first-order chi connectivity index (χ1) is 16.5. The summed E-state index contributed by atoms with van der Waals surface area (Å²) < 4.78 is 0. The summed E-state index contributed by atoms with van der Waals surface area (Å²) in [7, 11) is 0. The van der Waals surface area contributed by atoms with E-state index >= 15 is 0 Å². The molecule has 1 fully saturated rings. The molecule has 13 nitrogen and oxygen atoms in total. The van der Waals surface area contributed by atoms with Gasteiger partial charge in [-0.1, -0.05) is 12.1 Å². The summed E-state index contributed by atoms with van der Waals surface area (Å²) in [4.78, 5) is 61.9.